The number of benzene rings is 1. The van der Waals surface area contributed by atoms with Crippen molar-refractivity contribution in [2.75, 3.05) is 13.7 Å². The van der Waals surface area contributed by atoms with Crippen molar-refractivity contribution in [2.24, 2.45) is 0 Å². The minimum Gasteiger partial charge on any atom is -0.479 e. The van der Waals surface area contributed by atoms with Crippen molar-refractivity contribution >= 4 is 18.6 Å². The van der Waals surface area contributed by atoms with Gasteiger partial charge in [-0.2, -0.15) is 0 Å². The zero-order chi connectivity index (χ0) is 11.4. The molecule has 0 N–H and O–H groups in total. The van der Waals surface area contributed by atoms with Gasteiger partial charge >= 0.3 is 5.97 Å². The second-order valence-electron chi connectivity index (χ2n) is 2.94. The maximum absolute atomic E-state index is 13.3. The Morgan fingerprint density at radius 2 is 2.20 bits per heavy atom. The number of rotatable bonds is 3. The molecule has 15 heavy (non-hydrogen) atoms. The Labute approximate surface area is 92.6 Å². The van der Waals surface area contributed by atoms with E-state index in [1.165, 1.54) is 13.2 Å². The van der Waals surface area contributed by atoms with Crippen LogP contribution in [0.1, 0.15) is 5.56 Å². The van der Waals surface area contributed by atoms with Gasteiger partial charge in [-0.15, -0.1) is 12.6 Å². The summed E-state index contributed by atoms with van der Waals surface area (Å²) in [5, 5.41) is 0. The standard InChI is InChI=1S/C10H11FO3S/c1-6-3-7(15)4-8(11)10(6)14-5-9(12)13-2/h3-4,15H,5H2,1-2H3. The first kappa shape index (κ1) is 11.8. The number of hydrogen-bond acceptors (Lipinski definition) is 4. The Bertz CT molecular complexity index is 356. The van der Waals surface area contributed by atoms with Gasteiger partial charge in [-0.1, -0.05) is 0 Å². The van der Waals surface area contributed by atoms with E-state index in [4.69, 9.17) is 4.74 Å². The Hall–Kier alpha value is -1.23. The van der Waals surface area contributed by atoms with Gasteiger partial charge in [-0.05, 0) is 24.6 Å². The van der Waals surface area contributed by atoms with E-state index in [0.717, 1.165) is 0 Å². The number of esters is 1. The monoisotopic (exact) mass is 230 g/mol. The lowest BCUT2D eigenvalue weighted by Gasteiger charge is -2.09. The van der Waals surface area contributed by atoms with Crippen LogP contribution in [0.3, 0.4) is 0 Å². The Kier molecular flexibility index (Phi) is 3.96. The number of carbonyl (C=O) groups excluding carboxylic acids is 1. The average Bonchev–Trinajstić information content (AvgIpc) is 2.15. The van der Waals surface area contributed by atoms with Crippen molar-refractivity contribution < 1.29 is 18.7 Å². The summed E-state index contributed by atoms with van der Waals surface area (Å²) in [7, 11) is 1.24. The number of halogens is 1. The van der Waals surface area contributed by atoms with Gasteiger partial charge in [0, 0.05) is 4.90 Å². The number of thiol groups is 1. The summed E-state index contributed by atoms with van der Waals surface area (Å²) < 4.78 is 22.7. The van der Waals surface area contributed by atoms with E-state index in [1.54, 1.807) is 13.0 Å². The maximum Gasteiger partial charge on any atom is 0.343 e. The molecule has 0 unspecified atom stereocenters. The fraction of sp³-hybridized carbons (Fsp3) is 0.300. The predicted molar refractivity (Wildman–Crippen MR) is 55.9 cm³/mol. The van der Waals surface area contributed by atoms with Crippen LogP contribution in [-0.4, -0.2) is 19.7 Å². The first-order valence-electron chi connectivity index (χ1n) is 4.23. The van der Waals surface area contributed by atoms with E-state index >= 15 is 0 Å². The van der Waals surface area contributed by atoms with E-state index in [-0.39, 0.29) is 12.4 Å². The highest BCUT2D eigenvalue weighted by atomic mass is 32.1. The third-order valence-electron chi connectivity index (χ3n) is 1.78. The number of hydrogen-bond donors (Lipinski definition) is 1. The normalized spacial score (nSPS) is 9.87. The molecule has 1 aromatic carbocycles. The Balaban J connectivity index is 2.81. The zero-order valence-corrected chi connectivity index (χ0v) is 9.31. The minimum atomic E-state index is -0.552. The lowest BCUT2D eigenvalue weighted by atomic mass is 10.2. The molecule has 5 heteroatoms. The van der Waals surface area contributed by atoms with Gasteiger partial charge in [0.15, 0.2) is 18.2 Å². The highest BCUT2D eigenvalue weighted by molar-refractivity contribution is 7.80. The van der Waals surface area contributed by atoms with E-state index in [2.05, 4.69) is 17.4 Å². The van der Waals surface area contributed by atoms with Crippen LogP contribution in [0.2, 0.25) is 0 Å². The molecule has 0 fully saturated rings. The predicted octanol–water partition coefficient (Wildman–Crippen LogP) is 1.97. The highest BCUT2D eigenvalue weighted by Gasteiger charge is 2.10. The van der Waals surface area contributed by atoms with Crippen LogP contribution in [-0.2, 0) is 9.53 Å². The summed E-state index contributed by atoms with van der Waals surface area (Å²) in [6, 6.07) is 2.88. The summed E-state index contributed by atoms with van der Waals surface area (Å²) in [6.45, 7) is 1.37. The number of methoxy groups -OCH3 is 1. The van der Waals surface area contributed by atoms with E-state index in [9.17, 15) is 9.18 Å². The van der Waals surface area contributed by atoms with Crippen LogP contribution in [0.4, 0.5) is 4.39 Å². The molecule has 0 saturated carbocycles. The van der Waals surface area contributed by atoms with Crippen molar-refractivity contribution in [3.8, 4) is 5.75 Å². The van der Waals surface area contributed by atoms with Crippen LogP contribution in [0, 0.1) is 12.7 Å². The largest absolute Gasteiger partial charge is 0.479 e. The molecule has 0 saturated heterocycles. The zero-order valence-electron chi connectivity index (χ0n) is 8.41. The topological polar surface area (TPSA) is 35.5 Å². The molecule has 1 rings (SSSR count). The second kappa shape index (κ2) is 5.02. The molecule has 82 valence electrons. The SMILES string of the molecule is COC(=O)COc1c(C)cc(S)cc1F. The van der Waals surface area contributed by atoms with Crippen molar-refractivity contribution in [1.82, 2.24) is 0 Å². The molecule has 0 aliphatic carbocycles. The van der Waals surface area contributed by atoms with Crippen LogP contribution >= 0.6 is 12.6 Å². The average molecular weight is 230 g/mol. The van der Waals surface area contributed by atoms with Crippen LogP contribution < -0.4 is 4.74 Å². The van der Waals surface area contributed by atoms with Gasteiger partial charge in [0.2, 0.25) is 0 Å². The van der Waals surface area contributed by atoms with E-state index in [0.29, 0.717) is 10.5 Å². The summed E-state index contributed by atoms with van der Waals surface area (Å²) in [4.78, 5) is 11.3. The first-order chi connectivity index (χ1) is 7.04. The lowest BCUT2D eigenvalue weighted by molar-refractivity contribution is -0.142. The fourth-order valence-corrected chi connectivity index (χ4v) is 1.39. The molecule has 0 heterocycles. The fourth-order valence-electron chi connectivity index (χ4n) is 1.09. The van der Waals surface area contributed by atoms with Crippen molar-refractivity contribution in [3.63, 3.8) is 0 Å². The van der Waals surface area contributed by atoms with E-state index < -0.39 is 11.8 Å². The van der Waals surface area contributed by atoms with Crippen LogP contribution in [0.15, 0.2) is 17.0 Å². The molecule has 0 bridgehead atoms. The Morgan fingerprint density at radius 1 is 1.53 bits per heavy atom. The second-order valence-corrected chi connectivity index (χ2v) is 3.45. The molecule has 3 nitrogen and oxygen atoms in total. The molecule has 0 aliphatic heterocycles. The third-order valence-corrected chi connectivity index (χ3v) is 2.03. The van der Waals surface area contributed by atoms with E-state index in [1.807, 2.05) is 0 Å². The van der Waals surface area contributed by atoms with Gasteiger partial charge in [-0.25, -0.2) is 9.18 Å². The quantitative estimate of drug-likeness (QED) is 0.637. The molecular weight excluding hydrogens is 219 g/mol. The Morgan fingerprint density at radius 3 is 2.73 bits per heavy atom. The molecule has 0 atom stereocenters. The molecule has 1 aromatic rings. The highest BCUT2D eigenvalue weighted by Crippen LogP contribution is 2.25. The number of aryl methyl sites for hydroxylation is 1. The summed E-state index contributed by atoms with van der Waals surface area (Å²) in [5.41, 5.74) is 0.587. The van der Waals surface area contributed by atoms with Gasteiger partial charge in [0.05, 0.1) is 7.11 Å². The van der Waals surface area contributed by atoms with Gasteiger partial charge in [0.25, 0.3) is 0 Å². The maximum atomic E-state index is 13.3. The molecule has 0 radical (unpaired) electrons. The van der Waals surface area contributed by atoms with Crippen molar-refractivity contribution in [2.45, 2.75) is 11.8 Å². The summed E-state index contributed by atoms with van der Waals surface area (Å²) >= 11 is 4.01. The summed E-state index contributed by atoms with van der Waals surface area (Å²) in [6.07, 6.45) is 0. The first-order valence-corrected chi connectivity index (χ1v) is 4.68. The molecule has 0 amide bonds. The molecular formula is C10H11FO3S. The van der Waals surface area contributed by atoms with Crippen molar-refractivity contribution in [1.29, 1.82) is 0 Å². The van der Waals surface area contributed by atoms with Crippen molar-refractivity contribution in [3.05, 3.63) is 23.5 Å². The molecule has 0 spiro atoms. The van der Waals surface area contributed by atoms with Gasteiger partial charge < -0.3 is 9.47 Å². The lowest BCUT2D eigenvalue weighted by Crippen LogP contribution is -2.13. The third kappa shape index (κ3) is 3.13. The van der Waals surface area contributed by atoms with Gasteiger partial charge in [0.1, 0.15) is 0 Å². The summed E-state index contributed by atoms with van der Waals surface area (Å²) in [5.74, 6) is -1.04. The number of carbonyl (C=O) groups is 1. The van der Waals surface area contributed by atoms with Crippen LogP contribution in [0.25, 0.3) is 0 Å². The molecule has 0 aliphatic rings. The van der Waals surface area contributed by atoms with Gasteiger partial charge in [-0.3, -0.25) is 0 Å². The molecule has 0 aromatic heterocycles. The minimum absolute atomic E-state index is 0.0539. The number of ether oxygens (including phenoxy) is 2. The van der Waals surface area contributed by atoms with Crippen LogP contribution in [0.5, 0.6) is 5.75 Å². The smallest absolute Gasteiger partial charge is 0.343 e.